The van der Waals surface area contributed by atoms with E-state index in [0.717, 1.165) is 5.56 Å². The van der Waals surface area contributed by atoms with Gasteiger partial charge >= 0.3 is 0 Å². The maximum atomic E-state index is 10.9. The van der Waals surface area contributed by atoms with Crippen LogP contribution in [-0.2, 0) is 6.54 Å². The van der Waals surface area contributed by atoms with Gasteiger partial charge in [0.2, 0.25) is 5.88 Å². The zero-order valence-corrected chi connectivity index (χ0v) is 11.9. The fourth-order valence-electron chi connectivity index (χ4n) is 1.91. The standard InChI is InChI=1S/C14H16N4O3/c1-3-21-14-7-13(16-9-17-14)15-8-11-5-4-6-12(10(11)2)18(19)20/h4-7,9H,3,8H2,1-2H3,(H,15,16,17). The number of anilines is 1. The van der Waals surface area contributed by atoms with Gasteiger partial charge < -0.3 is 10.1 Å². The summed E-state index contributed by atoms with van der Waals surface area (Å²) in [7, 11) is 0. The molecule has 0 saturated heterocycles. The average Bonchev–Trinajstić information content (AvgIpc) is 2.46. The molecule has 7 nitrogen and oxygen atoms in total. The molecule has 2 aromatic rings. The molecule has 1 heterocycles. The summed E-state index contributed by atoms with van der Waals surface area (Å²) in [5, 5.41) is 14.0. The van der Waals surface area contributed by atoms with Crippen molar-refractivity contribution < 1.29 is 9.66 Å². The molecule has 1 aromatic heterocycles. The minimum atomic E-state index is -0.378. The van der Waals surface area contributed by atoms with Crippen LogP contribution in [0.3, 0.4) is 0 Å². The van der Waals surface area contributed by atoms with Gasteiger partial charge in [-0.1, -0.05) is 12.1 Å². The van der Waals surface area contributed by atoms with Gasteiger partial charge in [-0.3, -0.25) is 10.1 Å². The van der Waals surface area contributed by atoms with Gasteiger partial charge in [0.1, 0.15) is 12.1 Å². The highest BCUT2D eigenvalue weighted by Crippen LogP contribution is 2.22. The van der Waals surface area contributed by atoms with Crippen LogP contribution in [0.2, 0.25) is 0 Å². The molecule has 0 amide bonds. The van der Waals surface area contributed by atoms with Crippen molar-refractivity contribution >= 4 is 11.5 Å². The molecule has 1 N–H and O–H groups in total. The monoisotopic (exact) mass is 288 g/mol. The number of benzene rings is 1. The summed E-state index contributed by atoms with van der Waals surface area (Å²) in [5.74, 6) is 1.10. The van der Waals surface area contributed by atoms with E-state index in [1.807, 2.05) is 13.0 Å². The lowest BCUT2D eigenvalue weighted by Gasteiger charge is -2.09. The second-order valence-corrected chi connectivity index (χ2v) is 4.35. The smallest absolute Gasteiger partial charge is 0.272 e. The van der Waals surface area contributed by atoms with E-state index >= 15 is 0 Å². The molecular weight excluding hydrogens is 272 g/mol. The van der Waals surface area contributed by atoms with Crippen molar-refractivity contribution in [3.63, 3.8) is 0 Å². The first-order chi connectivity index (χ1) is 10.1. The van der Waals surface area contributed by atoms with E-state index in [-0.39, 0.29) is 10.6 Å². The number of ether oxygens (including phenoxy) is 1. The number of rotatable bonds is 6. The Morgan fingerprint density at radius 3 is 2.90 bits per heavy atom. The van der Waals surface area contributed by atoms with Crippen LogP contribution in [0.5, 0.6) is 5.88 Å². The second-order valence-electron chi connectivity index (χ2n) is 4.35. The van der Waals surface area contributed by atoms with Gasteiger partial charge in [-0.15, -0.1) is 0 Å². The lowest BCUT2D eigenvalue weighted by atomic mass is 10.1. The molecule has 0 aliphatic rings. The van der Waals surface area contributed by atoms with Gasteiger partial charge in [-0.2, -0.15) is 0 Å². The molecule has 0 spiro atoms. The van der Waals surface area contributed by atoms with E-state index in [0.29, 0.717) is 30.4 Å². The molecule has 1 aromatic carbocycles. The van der Waals surface area contributed by atoms with Crippen LogP contribution in [0, 0.1) is 17.0 Å². The highest BCUT2D eigenvalue weighted by molar-refractivity contribution is 5.46. The number of nitro groups is 1. The summed E-state index contributed by atoms with van der Waals surface area (Å²) in [6.45, 7) is 4.58. The molecule has 2 rings (SSSR count). The SMILES string of the molecule is CCOc1cc(NCc2cccc([N+](=O)[O-])c2C)ncn1. The summed E-state index contributed by atoms with van der Waals surface area (Å²) in [4.78, 5) is 18.6. The first-order valence-electron chi connectivity index (χ1n) is 6.53. The second kappa shape index (κ2) is 6.65. The number of nitro benzene ring substituents is 1. The molecule has 0 bridgehead atoms. The summed E-state index contributed by atoms with van der Waals surface area (Å²) < 4.78 is 5.29. The minimum Gasteiger partial charge on any atom is -0.478 e. The fourth-order valence-corrected chi connectivity index (χ4v) is 1.91. The number of nitrogens with zero attached hydrogens (tertiary/aromatic N) is 3. The van der Waals surface area contributed by atoms with Gasteiger partial charge in [0.05, 0.1) is 11.5 Å². The summed E-state index contributed by atoms with van der Waals surface area (Å²) in [6, 6.07) is 6.71. The Labute approximate surface area is 122 Å². The zero-order chi connectivity index (χ0) is 15.2. The Hall–Kier alpha value is -2.70. The van der Waals surface area contributed by atoms with E-state index in [4.69, 9.17) is 4.74 Å². The third-order valence-corrected chi connectivity index (χ3v) is 3.01. The highest BCUT2D eigenvalue weighted by atomic mass is 16.6. The van der Waals surface area contributed by atoms with Gasteiger partial charge in [0.25, 0.3) is 5.69 Å². The van der Waals surface area contributed by atoms with Crippen LogP contribution in [0.4, 0.5) is 11.5 Å². The number of nitrogens with one attached hydrogen (secondary N) is 1. The van der Waals surface area contributed by atoms with Gasteiger partial charge in [0.15, 0.2) is 0 Å². The van der Waals surface area contributed by atoms with Crippen molar-refractivity contribution in [1.29, 1.82) is 0 Å². The predicted octanol–water partition coefficient (Wildman–Crippen LogP) is 2.70. The molecule has 110 valence electrons. The lowest BCUT2D eigenvalue weighted by Crippen LogP contribution is -2.05. The molecule has 0 saturated carbocycles. The fraction of sp³-hybridized carbons (Fsp3) is 0.286. The van der Waals surface area contributed by atoms with Crippen LogP contribution in [0.15, 0.2) is 30.6 Å². The van der Waals surface area contributed by atoms with Gasteiger partial charge in [-0.05, 0) is 19.4 Å². The molecule has 0 radical (unpaired) electrons. The highest BCUT2D eigenvalue weighted by Gasteiger charge is 2.12. The Balaban J connectivity index is 2.11. The van der Waals surface area contributed by atoms with Gasteiger partial charge in [0, 0.05) is 24.2 Å². The third kappa shape index (κ3) is 3.65. The van der Waals surface area contributed by atoms with Crippen LogP contribution in [0.25, 0.3) is 0 Å². The number of hydrogen-bond acceptors (Lipinski definition) is 6. The maximum absolute atomic E-state index is 10.9. The lowest BCUT2D eigenvalue weighted by molar-refractivity contribution is -0.385. The molecular formula is C14H16N4O3. The van der Waals surface area contributed by atoms with Crippen molar-refractivity contribution in [2.24, 2.45) is 0 Å². The van der Waals surface area contributed by atoms with Crippen molar-refractivity contribution in [2.45, 2.75) is 20.4 Å². The summed E-state index contributed by atoms with van der Waals surface area (Å²) in [5.41, 5.74) is 1.61. The largest absolute Gasteiger partial charge is 0.478 e. The Bertz CT molecular complexity index is 646. The molecule has 7 heteroatoms. The van der Waals surface area contributed by atoms with Crippen molar-refractivity contribution in [3.8, 4) is 5.88 Å². The third-order valence-electron chi connectivity index (χ3n) is 3.01. The number of aromatic nitrogens is 2. The van der Waals surface area contributed by atoms with Crippen LogP contribution < -0.4 is 10.1 Å². The van der Waals surface area contributed by atoms with E-state index in [2.05, 4.69) is 15.3 Å². The van der Waals surface area contributed by atoms with E-state index in [1.54, 1.807) is 19.1 Å². The van der Waals surface area contributed by atoms with Crippen LogP contribution >= 0.6 is 0 Å². The Morgan fingerprint density at radius 1 is 1.38 bits per heavy atom. The first kappa shape index (κ1) is 14.7. The van der Waals surface area contributed by atoms with Crippen molar-refractivity contribution in [2.75, 3.05) is 11.9 Å². The number of hydrogen-bond donors (Lipinski definition) is 1. The summed E-state index contributed by atoms with van der Waals surface area (Å²) >= 11 is 0. The average molecular weight is 288 g/mol. The van der Waals surface area contributed by atoms with E-state index < -0.39 is 0 Å². The van der Waals surface area contributed by atoms with E-state index in [1.165, 1.54) is 12.4 Å². The molecule has 0 aliphatic heterocycles. The van der Waals surface area contributed by atoms with Crippen molar-refractivity contribution in [1.82, 2.24) is 9.97 Å². The first-order valence-corrected chi connectivity index (χ1v) is 6.53. The molecule has 0 aliphatic carbocycles. The molecule has 0 fully saturated rings. The van der Waals surface area contributed by atoms with E-state index in [9.17, 15) is 10.1 Å². The summed E-state index contributed by atoms with van der Waals surface area (Å²) in [6.07, 6.45) is 1.41. The topological polar surface area (TPSA) is 90.2 Å². The predicted molar refractivity (Wildman–Crippen MR) is 78.4 cm³/mol. The Morgan fingerprint density at radius 2 is 2.19 bits per heavy atom. The maximum Gasteiger partial charge on any atom is 0.272 e. The van der Waals surface area contributed by atoms with Crippen molar-refractivity contribution in [3.05, 3.63) is 51.8 Å². The van der Waals surface area contributed by atoms with Crippen LogP contribution in [0.1, 0.15) is 18.1 Å². The molecule has 21 heavy (non-hydrogen) atoms. The zero-order valence-electron chi connectivity index (χ0n) is 11.9. The van der Waals surface area contributed by atoms with Crippen LogP contribution in [-0.4, -0.2) is 21.5 Å². The molecule has 0 atom stereocenters. The molecule has 0 unspecified atom stereocenters. The van der Waals surface area contributed by atoms with Gasteiger partial charge in [-0.25, -0.2) is 9.97 Å². The quantitative estimate of drug-likeness (QED) is 0.649. The minimum absolute atomic E-state index is 0.118. The normalized spacial score (nSPS) is 10.2. The Kier molecular flexibility index (Phi) is 4.65.